The van der Waals surface area contributed by atoms with Gasteiger partial charge in [-0.05, 0) is 24.6 Å². The predicted molar refractivity (Wildman–Crippen MR) is 56.1 cm³/mol. The van der Waals surface area contributed by atoms with Gasteiger partial charge < -0.3 is 0 Å². The van der Waals surface area contributed by atoms with Crippen molar-refractivity contribution in [1.29, 1.82) is 0 Å². The summed E-state index contributed by atoms with van der Waals surface area (Å²) in [5.74, 6) is 0. The number of rotatable bonds is 1. The number of aromatic nitrogens is 3. The second-order valence-corrected chi connectivity index (χ2v) is 3.71. The lowest BCUT2D eigenvalue weighted by Gasteiger charge is -2.06. The minimum Gasteiger partial charge on any atom is -0.223 e. The summed E-state index contributed by atoms with van der Waals surface area (Å²) in [5, 5.41) is 5.09. The molecule has 5 heteroatoms. The summed E-state index contributed by atoms with van der Waals surface area (Å²) in [7, 11) is 0. The summed E-state index contributed by atoms with van der Waals surface area (Å²) in [6.45, 7) is 1.94. The third kappa shape index (κ3) is 1.61. The van der Waals surface area contributed by atoms with E-state index < -0.39 is 0 Å². The first-order valence-electron chi connectivity index (χ1n) is 3.99. The van der Waals surface area contributed by atoms with E-state index in [0.717, 1.165) is 11.3 Å². The molecule has 0 saturated carbocycles. The lowest BCUT2D eigenvalue weighted by atomic mass is 10.2. The third-order valence-corrected chi connectivity index (χ3v) is 2.63. The molecule has 0 saturated heterocycles. The van der Waals surface area contributed by atoms with E-state index in [1.54, 1.807) is 23.1 Å². The van der Waals surface area contributed by atoms with E-state index >= 15 is 0 Å². The van der Waals surface area contributed by atoms with Gasteiger partial charge in [0.25, 0.3) is 0 Å². The number of benzene rings is 1. The average Bonchev–Trinajstić information content (AvgIpc) is 2.64. The van der Waals surface area contributed by atoms with E-state index in [1.165, 1.54) is 6.33 Å². The van der Waals surface area contributed by atoms with Gasteiger partial charge in [-0.1, -0.05) is 23.2 Å². The molecule has 0 aliphatic heterocycles. The van der Waals surface area contributed by atoms with Crippen molar-refractivity contribution in [1.82, 2.24) is 14.8 Å². The molecule has 0 amide bonds. The molecule has 1 aromatic carbocycles. The molecule has 0 N–H and O–H groups in total. The van der Waals surface area contributed by atoms with Crippen molar-refractivity contribution < 1.29 is 0 Å². The van der Waals surface area contributed by atoms with Gasteiger partial charge in [0.1, 0.15) is 12.7 Å². The van der Waals surface area contributed by atoms with Gasteiger partial charge in [0.2, 0.25) is 0 Å². The number of halogens is 2. The molecule has 0 atom stereocenters. The van der Waals surface area contributed by atoms with Gasteiger partial charge in [-0.3, -0.25) is 0 Å². The molecular weight excluding hydrogens is 221 g/mol. The van der Waals surface area contributed by atoms with Crippen molar-refractivity contribution in [2.45, 2.75) is 6.92 Å². The summed E-state index contributed by atoms with van der Waals surface area (Å²) in [6, 6.07) is 3.58. The Morgan fingerprint density at radius 1 is 1.21 bits per heavy atom. The van der Waals surface area contributed by atoms with Crippen LogP contribution in [0.2, 0.25) is 10.0 Å². The number of aryl methyl sites for hydroxylation is 1. The molecule has 1 heterocycles. The van der Waals surface area contributed by atoms with Crippen molar-refractivity contribution in [2.75, 3.05) is 0 Å². The average molecular weight is 228 g/mol. The van der Waals surface area contributed by atoms with Crippen LogP contribution < -0.4 is 0 Å². The fraction of sp³-hybridized carbons (Fsp3) is 0.111. The molecular formula is C9H7Cl2N3. The Balaban J connectivity index is 2.60. The molecule has 0 aliphatic rings. The highest BCUT2D eigenvalue weighted by atomic mass is 35.5. The van der Waals surface area contributed by atoms with E-state index in [0.29, 0.717) is 10.0 Å². The monoisotopic (exact) mass is 227 g/mol. The lowest BCUT2D eigenvalue weighted by Crippen LogP contribution is -1.97. The van der Waals surface area contributed by atoms with E-state index in [1.807, 2.05) is 6.92 Å². The second kappa shape index (κ2) is 3.59. The minimum absolute atomic E-state index is 0.516. The molecule has 0 unspecified atom stereocenters. The van der Waals surface area contributed by atoms with Crippen LogP contribution in [0.15, 0.2) is 24.8 Å². The molecule has 2 aromatic rings. The van der Waals surface area contributed by atoms with Gasteiger partial charge in [0, 0.05) is 0 Å². The number of hydrogen-bond donors (Lipinski definition) is 0. The lowest BCUT2D eigenvalue weighted by molar-refractivity contribution is 0.871. The maximum Gasteiger partial charge on any atom is 0.138 e. The SMILES string of the molecule is Cc1cc(Cl)c(Cl)cc1-n1cncn1. The Bertz CT molecular complexity index is 451. The summed E-state index contributed by atoms with van der Waals surface area (Å²) in [5.41, 5.74) is 1.89. The molecule has 3 nitrogen and oxygen atoms in total. The quantitative estimate of drug-likeness (QED) is 0.751. The van der Waals surface area contributed by atoms with Crippen LogP contribution in [0, 0.1) is 6.92 Å². The highest BCUT2D eigenvalue weighted by Crippen LogP contribution is 2.27. The molecule has 0 fully saturated rings. The minimum atomic E-state index is 0.516. The van der Waals surface area contributed by atoms with Crippen LogP contribution in [0.5, 0.6) is 0 Å². The zero-order valence-corrected chi connectivity index (χ0v) is 8.92. The Labute approximate surface area is 91.3 Å². The van der Waals surface area contributed by atoms with Gasteiger partial charge in [-0.25, -0.2) is 9.67 Å². The van der Waals surface area contributed by atoms with Crippen LogP contribution in [-0.2, 0) is 0 Å². The van der Waals surface area contributed by atoms with Crippen LogP contribution >= 0.6 is 23.2 Å². The Kier molecular flexibility index (Phi) is 2.44. The van der Waals surface area contributed by atoms with Crippen molar-refractivity contribution in [3.8, 4) is 5.69 Å². The molecule has 14 heavy (non-hydrogen) atoms. The largest absolute Gasteiger partial charge is 0.223 e. The van der Waals surface area contributed by atoms with Crippen molar-refractivity contribution in [3.05, 3.63) is 40.4 Å². The van der Waals surface area contributed by atoms with Crippen LogP contribution in [0.3, 0.4) is 0 Å². The summed E-state index contributed by atoms with van der Waals surface area (Å²) in [6.07, 6.45) is 3.09. The van der Waals surface area contributed by atoms with Crippen molar-refractivity contribution >= 4 is 23.2 Å². The number of nitrogens with zero attached hydrogens (tertiary/aromatic N) is 3. The van der Waals surface area contributed by atoms with Gasteiger partial charge >= 0.3 is 0 Å². The highest BCUT2D eigenvalue weighted by molar-refractivity contribution is 6.42. The smallest absolute Gasteiger partial charge is 0.138 e. The maximum absolute atomic E-state index is 5.91. The fourth-order valence-corrected chi connectivity index (χ4v) is 1.59. The molecule has 2 rings (SSSR count). The van der Waals surface area contributed by atoms with Gasteiger partial charge in [-0.15, -0.1) is 0 Å². The normalized spacial score (nSPS) is 10.5. The highest BCUT2D eigenvalue weighted by Gasteiger charge is 2.06. The van der Waals surface area contributed by atoms with Crippen molar-refractivity contribution in [2.24, 2.45) is 0 Å². The first-order chi connectivity index (χ1) is 6.68. The molecule has 1 aromatic heterocycles. The Hall–Kier alpha value is -1.06. The predicted octanol–water partition coefficient (Wildman–Crippen LogP) is 2.88. The molecule has 72 valence electrons. The van der Waals surface area contributed by atoms with Crippen LogP contribution in [0.4, 0.5) is 0 Å². The van der Waals surface area contributed by atoms with Crippen LogP contribution in [0.25, 0.3) is 5.69 Å². The molecule has 0 aliphatic carbocycles. The van der Waals surface area contributed by atoms with E-state index in [2.05, 4.69) is 10.1 Å². The molecule has 0 spiro atoms. The zero-order chi connectivity index (χ0) is 10.1. The third-order valence-electron chi connectivity index (χ3n) is 1.90. The van der Waals surface area contributed by atoms with Gasteiger partial charge in [0.15, 0.2) is 0 Å². The van der Waals surface area contributed by atoms with E-state index in [-0.39, 0.29) is 0 Å². The Morgan fingerprint density at radius 3 is 2.57 bits per heavy atom. The topological polar surface area (TPSA) is 30.7 Å². The van der Waals surface area contributed by atoms with E-state index in [4.69, 9.17) is 23.2 Å². The zero-order valence-electron chi connectivity index (χ0n) is 7.41. The summed E-state index contributed by atoms with van der Waals surface area (Å²) in [4.78, 5) is 3.87. The second-order valence-electron chi connectivity index (χ2n) is 2.89. The van der Waals surface area contributed by atoms with Gasteiger partial charge in [0.05, 0.1) is 15.7 Å². The first-order valence-corrected chi connectivity index (χ1v) is 4.74. The van der Waals surface area contributed by atoms with Crippen LogP contribution in [0.1, 0.15) is 5.56 Å². The van der Waals surface area contributed by atoms with Crippen molar-refractivity contribution in [3.63, 3.8) is 0 Å². The van der Waals surface area contributed by atoms with E-state index in [9.17, 15) is 0 Å². The Morgan fingerprint density at radius 2 is 1.93 bits per heavy atom. The molecule has 0 radical (unpaired) electrons. The maximum atomic E-state index is 5.91. The first kappa shape index (κ1) is 9.49. The summed E-state index contributed by atoms with van der Waals surface area (Å²) >= 11 is 11.8. The van der Waals surface area contributed by atoms with Gasteiger partial charge in [-0.2, -0.15) is 5.10 Å². The standard InChI is InChI=1S/C9H7Cl2N3/c1-6-2-7(10)8(11)3-9(6)14-5-12-4-13-14/h2-5H,1H3. The molecule has 0 bridgehead atoms. The fourth-order valence-electron chi connectivity index (χ4n) is 1.22. The summed E-state index contributed by atoms with van der Waals surface area (Å²) < 4.78 is 1.65. The number of hydrogen-bond acceptors (Lipinski definition) is 2. The van der Waals surface area contributed by atoms with Crippen LogP contribution in [-0.4, -0.2) is 14.8 Å².